The summed E-state index contributed by atoms with van der Waals surface area (Å²) in [6, 6.07) is 9.24. The first-order chi connectivity index (χ1) is 5.70. The Bertz CT molecular complexity index is 221. The Hall–Kier alpha value is -0.890. The van der Waals surface area contributed by atoms with Crippen molar-refractivity contribution in [2.75, 3.05) is 20.6 Å². The maximum absolute atomic E-state index is 13.3. The number of alkyl halides is 1. The summed E-state index contributed by atoms with van der Waals surface area (Å²) in [5.74, 6) is 0. The molecule has 12 heavy (non-hydrogen) atoms. The van der Waals surface area contributed by atoms with Crippen LogP contribution in [0.4, 0.5) is 4.39 Å². The molecule has 0 amide bonds. The first-order valence-corrected chi connectivity index (χ1v) is 4.04. The van der Waals surface area contributed by atoms with Gasteiger partial charge in [-0.05, 0) is 19.7 Å². The lowest BCUT2D eigenvalue weighted by Gasteiger charge is -2.13. The molecule has 1 unspecified atom stereocenters. The van der Waals surface area contributed by atoms with E-state index in [-0.39, 0.29) is 0 Å². The molecular formula is C10H14FN. The molecule has 0 aliphatic carbocycles. The lowest BCUT2D eigenvalue weighted by Crippen LogP contribution is -2.17. The van der Waals surface area contributed by atoms with Gasteiger partial charge in [0.1, 0.15) is 6.17 Å². The molecule has 1 atom stereocenters. The Morgan fingerprint density at radius 3 is 2.33 bits per heavy atom. The second-order valence-electron chi connectivity index (χ2n) is 3.14. The minimum atomic E-state index is -0.874. The van der Waals surface area contributed by atoms with E-state index in [2.05, 4.69) is 0 Å². The number of halogens is 1. The summed E-state index contributed by atoms with van der Waals surface area (Å²) in [5.41, 5.74) is 0.756. The van der Waals surface area contributed by atoms with Gasteiger partial charge in [0.05, 0.1) is 0 Å². The number of hydrogen-bond donors (Lipinski definition) is 0. The van der Waals surface area contributed by atoms with E-state index >= 15 is 0 Å². The first-order valence-electron chi connectivity index (χ1n) is 4.04. The van der Waals surface area contributed by atoms with E-state index < -0.39 is 6.17 Å². The molecule has 66 valence electrons. The third-order valence-corrected chi connectivity index (χ3v) is 1.69. The Kier molecular flexibility index (Phi) is 3.23. The zero-order valence-corrected chi connectivity index (χ0v) is 7.50. The van der Waals surface area contributed by atoms with Crippen LogP contribution in [0, 0.1) is 0 Å². The normalized spacial score (nSPS) is 13.3. The van der Waals surface area contributed by atoms with Crippen molar-refractivity contribution in [2.24, 2.45) is 0 Å². The number of nitrogens with zero attached hydrogens (tertiary/aromatic N) is 1. The Labute approximate surface area is 72.8 Å². The van der Waals surface area contributed by atoms with Crippen molar-refractivity contribution in [1.29, 1.82) is 0 Å². The van der Waals surface area contributed by atoms with Crippen LogP contribution in [0.3, 0.4) is 0 Å². The summed E-state index contributed by atoms with van der Waals surface area (Å²) in [4.78, 5) is 1.84. The lowest BCUT2D eigenvalue weighted by atomic mass is 10.1. The molecule has 0 spiro atoms. The predicted octanol–water partition coefficient (Wildman–Crippen LogP) is 2.26. The molecule has 0 saturated heterocycles. The smallest absolute Gasteiger partial charge is 0.138 e. The molecule has 0 heterocycles. The summed E-state index contributed by atoms with van der Waals surface area (Å²) >= 11 is 0. The monoisotopic (exact) mass is 167 g/mol. The molecular weight excluding hydrogens is 153 g/mol. The van der Waals surface area contributed by atoms with Gasteiger partial charge in [0, 0.05) is 6.54 Å². The largest absolute Gasteiger partial charge is 0.306 e. The molecule has 1 nitrogen and oxygen atoms in total. The highest BCUT2D eigenvalue weighted by atomic mass is 19.1. The molecule has 0 aromatic heterocycles. The summed E-state index contributed by atoms with van der Waals surface area (Å²) in [7, 11) is 3.74. The number of likely N-dealkylation sites (N-methyl/N-ethyl adjacent to an activating group) is 1. The van der Waals surface area contributed by atoms with Gasteiger partial charge in [-0.15, -0.1) is 0 Å². The molecule has 1 aromatic carbocycles. The fourth-order valence-corrected chi connectivity index (χ4v) is 1.09. The van der Waals surface area contributed by atoms with E-state index in [1.54, 1.807) is 0 Å². The topological polar surface area (TPSA) is 3.24 Å². The first kappa shape index (κ1) is 9.20. The van der Waals surface area contributed by atoms with Gasteiger partial charge < -0.3 is 4.90 Å². The van der Waals surface area contributed by atoms with Crippen LogP contribution in [0.25, 0.3) is 0 Å². The van der Waals surface area contributed by atoms with Crippen LogP contribution >= 0.6 is 0 Å². The molecule has 1 aromatic rings. The molecule has 2 heteroatoms. The van der Waals surface area contributed by atoms with Gasteiger partial charge in [-0.25, -0.2) is 4.39 Å². The summed E-state index contributed by atoms with van der Waals surface area (Å²) in [5, 5.41) is 0. The molecule has 0 saturated carbocycles. The molecule has 1 rings (SSSR count). The fourth-order valence-electron chi connectivity index (χ4n) is 1.09. The van der Waals surface area contributed by atoms with Gasteiger partial charge in [-0.3, -0.25) is 0 Å². The Morgan fingerprint density at radius 2 is 1.83 bits per heavy atom. The molecule has 0 aliphatic heterocycles. The van der Waals surface area contributed by atoms with Gasteiger partial charge in [0.2, 0.25) is 0 Å². The van der Waals surface area contributed by atoms with Crippen LogP contribution < -0.4 is 0 Å². The van der Waals surface area contributed by atoms with Crippen LogP contribution in [0.5, 0.6) is 0 Å². The van der Waals surface area contributed by atoms with Crippen LogP contribution in [0.2, 0.25) is 0 Å². The van der Waals surface area contributed by atoms with Crippen molar-refractivity contribution in [3.63, 3.8) is 0 Å². The van der Waals surface area contributed by atoms with Gasteiger partial charge in [-0.1, -0.05) is 30.3 Å². The van der Waals surface area contributed by atoms with E-state index in [1.807, 2.05) is 49.3 Å². The van der Waals surface area contributed by atoms with Crippen LogP contribution in [-0.2, 0) is 0 Å². The van der Waals surface area contributed by atoms with Crippen molar-refractivity contribution in [3.05, 3.63) is 35.9 Å². The highest BCUT2D eigenvalue weighted by molar-refractivity contribution is 5.17. The zero-order valence-electron chi connectivity index (χ0n) is 7.50. The maximum Gasteiger partial charge on any atom is 0.138 e. The fraction of sp³-hybridized carbons (Fsp3) is 0.400. The average molecular weight is 167 g/mol. The Morgan fingerprint density at radius 1 is 1.25 bits per heavy atom. The van der Waals surface area contributed by atoms with Gasteiger partial charge in [0.15, 0.2) is 0 Å². The second kappa shape index (κ2) is 4.21. The zero-order chi connectivity index (χ0) is 8.97. The summed E-state index contributed by atoms with van der Waals surface area (Å²) in [6.07, 6.45) is -0.874. The van der Waals surface area contributed by atoms with Crippen LogP contribution in [0.15, 0.2) is 30.3 Å². The van der Waals surface area contributed by atoms with E-state index in [9.17, 15) is 4.39 Å². The van der Waals surface area contributed by atoms with Gasteiger partial charge in [-0.2, -0.15) is 0 Å². The molecule has 0 aliphatic rings. The van der Waals surface area contributed by atoms with Crippen molar-refractivity contribution in [2.45, 2.75) is 6.17 Å². The SMILES string of the molecule is CN(C)CC(F)c1ccccc1. The average Bonchev–Trinajstić information content (AvgIpc) is 2.05. The minimum absolute atomic E-state index is 0.448. The van der Waals surface area contributed by atoms with Crippen molar-refractivity contribution < 1.29 is 4.39 Å². The highest BCUT2D eigenvalue weighted by Crippen LogP contribution is 2.16. The standard InChI is InChI=1S/C10H14FN/c1-12(2)8-10(11)9-6-4-3-5-7-9/h3-7,10H,8H2,1-2H3. The van der Waals surface area contributed by atoms with E-state index in [1.165, 1.54) is 0 Å². The molecule has 0 N–H and O–H groups in total. The minimum Gasteiger partial charge on any atom is -0.306 e. The molecule has 0 fully saturated rings. The van der Waals surface area contributed by atoms with E-state index in [0.717, 1.165) is 5.56 Å². The summed E-state index contributed by atoms with van der Waals surface area (Å²) < 4.78 is 13.3. The number of rotatable bonds is 3. The third-order valence-electron chi connectivity index (χ3n) is 1.69. The van der Waals surface area contributed by atoms with Crippen molar-refractivity contribution in [1.82, 2.24) is 4.90 Å². The quantitative estimate of drug-likeness (QED) is 0.667. The number of hydrogen-bond acceptors (Lipinski definition) is 1. The predicted molar refractivity (Wildman–Crippen MR) is 48.8 cm³/mol. The molecule has 0 bridgehead atoms. The number of benzene rings is 1. The van der Waals surface area contributed by atoms with E-state index in [4.69, 9.17) is 0 Å². The van der Waals surface area contributed by atoms with Gasteiger partial charge in [0.25, 0.3) is 0 Å². The Balaban J connectivity index is 2.59. The van der Waals surface area contributed by atoms with E-state index in [0.29, 0.717) is 6.54 Å². The van der Waals surface area contributed by atoms with Crippen molar-refractivity contribution in [3.8, 4) is 0 Å². The van der Waals surface area contributed by atoms with Gasteiger partial charge >= 0.3 is 0 Å². The van der Waals surface area contributed by atoms with Crippen LogP contribution in [-0.4, -0.2) is 25.5 Å². The third kappa shape index (κ3) is 2.62. The maximum atomic E-state index is 13.3. The summed E-state index contributed by atoms with van der Waals surface area (Å²) in [6.45, 7) is 0.448. The lowest BCUT2D eigenvalue weighted by molar-refractivity contribution is 0.251. The highest BCUT2D eigenvalue weighted by Gasteiger charge is 2.08. The van der Waals surface area contributed by atoms with Crippen molar-refractivity contribution >= 4 is 0 Å². The molecule has 0 radical (unpaired) electrons. The second-order valence-corrected chi connectivity index (χ2v) is 3.14. The van der Waals surface area contributed by atoms with Crippen LogP contribution in [0.1, 0.15) is 11.7 Å².